The second-order valence-corrected chi connectivity index (χ2v) is 3.76. The lowest BCUT2D eigenvalue weighted by Gasteiger charge is -2.08. The minimum absolute atomic E-state index is 0.117. The number of aromatic nitrogens is 1. The Morgan fingerprint density at radius 2 is 2.29 bits per heavy atom. The van der Waals surface area contributed by atoms with Gasteiger partial charge in [0.25, 0.3) is 0 Å². The molecular weight excluding hydrogens is 174 g/mol. The first-order chi connectivity index (χ1) is 6.65. The normalized spacial score (nSPS) is 12.2. The maximum atomic E-state index is 9.16. The van der Waals surface area contributed by atoms with Crippen LogP contribution in [0.15, 0.2) is 24.0 Å². The molecule has 0 aromatic carbocycles. The number of nitrogens with zero attached hydrogens (tertiary/aromatic N) is 1. The van der Waals surface area contributed by atoms with Gasteiger partial charge < -0.3 is 5.11 Å². The molecule has 0 saturated heterocycles. The first kappa shape index (κ1) is 10.9. The van der Waals surface area contributed by atoms with E-state index in [-0.39, 0.29) is 6.61 Å². The molecule has 2 nitrogen and oxygen atoms in total. The largest absolute Gasteiger partial charge is 0.392 e. The highest BCUT2D eigenvalue weighted by Crippen LogP contribution is 2.15. The highest BCUT2D eigenvalue weighted by atomic mass is 16.3. The number of aliphatic hydroxyl groups is 1. The van der Waals surface area contributed by atoms with E-state index in [1.165, 1.54) is 5.56 Å². The van der Waals surface area contributed by atoms with E-state index in [0.29, 0.717) is 5.92 Å². The van der Waals surface area contributed by atoms with Crippen LogP contribution in [0.2, 0.25) is 0 Å². The van der Waals surface area contributed by atoms with Crippen molar-refractivity contribution >= 4 is 6.08 Å². The van der Waals surface area contributed by atoms with Gasteiger partial charge in [0, 0.05) is 12.4 Å². The average Bonchev–Trinajstić information content (AvgIpc) is 2.16. The monoisotopic (exact) mass is 191 g/mol. The molecule has 0 aliphatic heterocycles. The first-order valence-electron chi connectivity index (χ1n) is 4.87. The van der Waals surface area contributed by atoms with Gasteiger partial charge in [-0.3, -0.25) is 4.98 Å². The Balaban J connectivity index is 3.00. The molecule has 2 heteroatoms. The smallest absolute Gasteiger partial charge is 0.0647 e. The third-order valence-corrected chi connectivity index (χ3v) is 2.34. The fourth-order valence-electron chi connectivity index (χ4n) is 1.22. The van der Waals surface area contributed by atoms with Crippen molar-refractivity contribution in [2.45, 2.75) is 20.8 Å². The first-order valence-corrected chi connectivity index (χ1v) is 4.87. The topological polar surface area (TPSA) is 33.1 Å². The van der Waals surface area contributed by atoms with Crippen LogP contribution in [0.1, 0.15) is 25.0 Å². The molecule has 1 heterocycles. The minimum Gasteiger partial charge on any atom is -0.392 e. The van der Waals surface area contributed by atoms with Crippen molar-refractivity contribution in [1.82, 2.24) is 4.98 Å². The molecule has 0 unspecified atom stereocenters. The number of aliphatic hydroxyl groups excluding tert-OH is 1. The third kappa shape index (κ3) is 2.67. The lowest BCUT2D eigenvalue weighted by molar-refractivity contribution is 0.320. The lowest BCUT2D eigenvalue weighted by atomic mass is 10.0. The van der Waals surface area contributed by atoms with Gasteiger partial charge in [-0.15, -0.1) is 0 Å². The molecule has 0 aliphatic rings. The fraction of sp³-hybridized carbons (Fsp3) is 0.417. The van der Waals surface area contributed by atoms with Crippen LogP contribution in [0.3, 0.4) is 0 Å². The summed E-state index contributed by atoms with van der Waals surface area (Å²) in [6.07, 6.45) is 5.63. The molecular formula is C12H17NO. The minimum atomic E-state index is 0.117. The van der Waals surface area contributed by atoms with Gasteiger partial charge in [-0.2, -0.15) is 0 Å². The summed E-state index contributed by atoms with van der Waals surface area (Å²) in [6.45, 7) is 6.32. The zero-order chi connectivity index (χ0) is 10.6. The van der Waals surface area contributed by atoms with Gasteiger partial charge in [0.1, 0.15) is 0 Å². The molecule has 1 aromatic rings. The molecule has 0 spiro atoms. The zero-order valence-electron chi connectivity index (χ0n) is 8.99. The van der Waals surface area contributed by atoms with Crippen molar-refractivity contribution in [3.8, 4) is 0 Å². The molecule has 0 radical (unpaired) electrons. The van der Waals surface area contributed by atoms with E-state index in [2.05, 4.69) is 18.8 Å². The Morgan fingerprint density at radius 3 is 2.79 bits per heavy atom. The highest BCUT2D eigenvalue weighted by molar-refractivity contribution is 5.55. The van der Waals surface area contributed by atoms with E-state index < -0.39 is 0 Å². The van der Waals surface area contributed by atoms with Crippen LogP contribution in [0.5, 0.6) is 0 Å². The average molecular weight is 191 g/mol. The Bertz CT molecular complexity index is 329. The number of pyridine rings is 1. The van der Waals surface area contributed by atoms with Crippen LogP contribution in [0.25, 0.3) is 6.08 Å². The zero-order valence-corrected chi connectivity index (χ0v) is 8.99. The maximum Gasteiger partial charge on any atom is 0.0647 e. The van der Waals surface area contributed by atoms with Crippen LogP contribution >= 0.6 is 0 Å². The molecule has 0 bridgehead atoms. The van der Waals surface area contributed by atoms with Crippen LogP contribution in [0, 0.1) is 12.8 Å². The second-order valence-electron chi connectivity index (χ2n) is 3.76. The van der Waals surface area contributed by atoms with Crippen LogP contribution in [0.4, 0.5) is 0 Å². The third-order valence-electron chi connectivity index (χ3n) is 2.34. The van der Waals surface area contributed by atoms with Crippen molar-refractivity contribution in [2.24, 2.45) is 5.92 Å². The molecule has 1 N–H and O–H groups in total. The summed E-state index contributed by atoms with van der Waals surface area (Å²) in [5.74, 6) is 0.375. The Hall–Kier alpha value is -1.15. The van der Waals surface area contributed by atoms with Crippen molar-refractivity contribution in [2.75, 3.05) is 6.61 Å². The summed E-state index contributed by atoms with van der Waals surface area (Å²) < 4.78 is 0. The molecule has 1 rings (SSSR count). The van der Waals surface area contributed by atoms with Crippen LogP contribution in [-0.2, 0) is 0 Å². The SMILES string of the molecule is Cc1ccncc1/C=C(\CO)C(C)C. The maximum absolute atomic E-state index is 9.16. The molecule has 0 aliphatic carbocycles. The van der Waals surface area contributed by atoms with Crippen molar-refractivity contribution < 1.29 is 5.11 Å². The molecule has 14 heavy (non-hydrogen) atoms. The summed E-state index contributed by atoms with van der Waals surface area (Å²) in [6, 6.07) is 1.97. The predicted octanol–water partition coefficient (Wildman–Crippen LogP) is 2.42. The highest BCUT2D eigenvalue weighted by Gasteiger charge is 2.02. The molecule has 0 amide bonds. The molecule has 76 valence electrons. The molecule has 1 aromatic heterocycles. The Morgan fingerprint density at radius 1 is 1.57 bits per heavy atom. The van der Waals surface area contributed by atoms with E-state index in [4.69, 9.17) is 5.11 Å². The van der Waals surface area contributed by atoms with Crippen molar-refractivity contribution in [1.29, 1.82) is 0 Å². The standard InChI is InChI=1S/C12H17NO/c1-9(2)12(8-14)6-11-7-13-5-4-10(11)3/h4-7,9,14H,8H2,1-3H3/b12-6+. The fourth-order valence-corrected chi connectivity index (χ4v) is 1.22. The number of aryl methyl sites for hydroxylation is 1. The van der Waals surface area contributed by atoms with E-state index in [1.54, 1.807) is 6.20 Å². The van der Waals surface area contributed by atoms with Gasteiger partial charge in [-0.05, 0) is 35.6 Å². The molecule has 0 atom stereocenters. The number of rotatable bonds is 3. The Labute approximate surface area is 85.3 Å². The quantitative estimate of drug-likeness (QED) is 0.796. The summed E-state index contributed by atoms with van der Waals surface area (Å²) in [5, 5.41) is 9.16. The van der Waals surface area contributed by atoms with Gasteiger partial charge in [0.2, 0.25) is 0 Å². The number of hydrogen-bond donors (Lipinski definition) is 1. The summed E-state index contributed by atoms with van der Waals surface area (Å²) in [4.78, 5) is 4.07. The van der Waals surface area contributed by atoms with Gasteiger partial charge in [-0.1, -0.05) is 19.9 Å². The molecule has 0 saturated carbocycles. The predicted molar refractivity (Wildman–Crippen MR) is 58.9 cm³/mol. The van der Waals surface area contributed by atoms with Gasteiger partial charge >= 0.3 is 0 Å². The van der Waals surface area contributed by atoms with Crippen molar-refractivity contribution in [3.05, 3.63) is 35.2 Å². The van der Waals surface area contributed by atoms with Crippen LogP contribution in [-0.4, -0.2) is 16.7 Å². The van der Waals surface area contributed by atoms with Gasteiger partial charge in [0.05, 0.1) is 6.61 Å². The van der Waals surface area contributed by atoms with E-state index >= 15 is 0 Å². The summed E-state index contributed by atoms with van der Waals surface area (Å²) in [7, 11) is 0. The summed E-state index contributed by atoms with van der Waals surface area (Å²) >= 11 is 0. The second kappa shape index (κ2) is 4.91. The Kier molecular flexibility index (Phi) is 3.84. The van der Waals surface area contributed by atoms with Gasteiger partial charge in [0.15, 0.2) is 0 Å². The van der Waals surface area contributed by atoms with E-state index in [9.17, 15) is 0 Å². The number of hydrogen-bond acceptors (Lipinski definition) is 2. The van der Waals surface area contributed by atoms with Gasteiger partial charge in [-0.25, -0.2) is 0 Å². The lowest BCUT2D eigenvalue weighted by Crippen LogP contribution is -1.99. The molecule has 0 fully saturated rings. The summed E-state index contributed by atoms with van der Waals surface area (Å²) in [5.41, 5.74) is 3.32. The van der Waals surface area contributed by atoms with E-state index in [1.807, 2.05) is 25.3 Å². The van der Waals surface area contributed by atoms with Crippen molar-refractivity contribution in [3.63, 3.8) is 0 Å². The van der Waals surface area contributed by atoms with E-state index in [0.717, 1.165) is 11.1 Å². The van der Waals surface area contributed by atoms with Crippen LogP contribution < -0.4 is 0 Å².